The third-order valence-corrected chi connectivity index (χ3v) is 8.23. The zero-order valence-electron chi connectivity index (χ0n) is 20.0. The lowest BCUT2D eigenvalue weighted by atomic mass is 10.0. The molecule has 0 saturated carbocycles. The average molecular weight is 481 g/mol. The monoisotopic (exact) mass is 480 g/mol. The van der Waals surface area contributed by atoms with Gasteiger partial charge in [0.25, 0.3) is 10.0 Å². The summed E-state index contributed by atoms with van der Waals surface area (Å²) in [5.41, 5.74) is 3.11. The van der Waals surface area contributed by atoms with E-state index in [0.29, 0.717) is 17.2 Å². The van der Waals surface area contributed by atoms with Crippen molar-refractivity contribution < 1.29 is 17.9 Å². The molecule has 180 valence electrons. The summed E-state index contributed by atoms with van der Waals surface area (Å²) in [6.45, 7) is 4.61. The van der Waals surface area contributed by atoms with Gasteiger partial charge in [0.05, 0.1) is 24.8 Å². The number of aryl methyl sites for hydroxylation is 1. The molecule has 1 aliphatic rings. The lowest BCUT2D eigenvalue weighted by molar-refractivity contribution is 0.206. The molecule has 1 heterocycles. The van der Waals surface area contributed by atoms with Crippen molar-refractivity contribution in [1.82, 2.24) is 4.90 Å². The first-order valence-corrected chi connectivity index (χ1v) is 13.0. The first-order chi connectivity index (χ1) is 16.4. The Balaban J connectivity index is 1.61. The summed E-state index contributed by atoms with van der Waals surface area (Å²) in [4.78, 5) is 2.68. The topological polar surface area (TPSA) is 59.1 Å². The van der Waals surface area contributed by atoms with Crippen LogP contribution in [0.25, 0.3) is 0 Å². The van der Waals surface area contributed by atoms with Gasteiger partial charge in [-0.2, -0.15) is 0 Å². The van der Waals surface area contributed by atoms with Gasteiger partial charge in [0.15, 0.2) is 11.5 Å². The van der Waals surface area contributed by atoms with Crippen LogP contribution in [0.15, 0.2) is 77.7 Å². The van der Waals surface area contributed by atoms with E-state index in [1.54, 1.807) is 61.0 Å². The Bertz CT molecular complexity index is 1190. The Kier molecular flexibility index (Phi) is 7.44. The van der Waals surface area contributed by atoms with Crippen LogP contribution in [0.4, 0.5) is 5.69 Å². The minimum absolute atomic E-state index is 0.155. The molecule has 3 aromatic carbocycles. The molecule has 4 rings (SSSR count). The zero-order valence-corrected chi connectivity index (χ0v) is 20.8. The van der Waals surface area contributed by atoms with Crippen LogP contribution < -0.4 is 13.8 Å². The smallest absolute Gasteiger partial charge is 0.264 e. The highest BCUT2D eigenvalue weighted by molar-refractivity contribution is 7.92. The summed E-state index contributed by atoms with van der Waals surface area (Å²) in [6, 6.07) is 22.4. The molecule has 0 aliphatic carbocycles. The van der Waals surface area contributed by atoms with Crippen LogP contribution in [0.5, 0.6) is 11.5 Å². The van der Waals surface area contributed by atoms with Gasteiger partial charge in [-0.15, -0.1) is 0 Å². The number of piperidine rings is 1. The van der Waals surface area contributed by atoms with Gasteiger partial charge in [-0.05, 0) is 49.6 Å². The van der Waals surface area contributed by atoms with Crippen molar-refractivity contribution in [1.29, 1.82) is 0 Å². The normalized spacial score (nSPS) is 15.1. The number of hydrogen-bond donors (Lipinski definition) is 0. The lowest BCUT2D eigenvalue weighted by Crippen LogP contribution is -2.47. The van der Waals surface area contributed by atoms with Crippen molar-refractivity contribution in [3.63, 3.8) is 0 Å². The van der Waals surface area contributed by atoms with E-state index < -0.39 is 10.0 Å². The highest BCUT2D eigenvalue weighted by Gasteiger charge is 2.34. The van der Waals surface area contributed by atoms with E-state index in [-0.39, 0.29) is 10.9 Å². The van der Waals surface area contributed by atoms with Crippen molar-refractivity contribution in [2.24, 2.45) is 0 Å². The van der Waals surface area contributed by atoms with Crippen molar-refractivity contribution >= 4 is 15.7 Å². The molecule has 3 aromatic rings. The molecule has 0 N–H and O–H groups in total. The standard InChI is InChI=1S/C27H32N2O4S/c1-21-9-11-22(12-10-21)20-28-17-15-23(16-18-28)29(34(30,31)25-7-5-4-6-8-25)24-13-14-26(32-2)27(19-24)33-3/h4-14,19,23H,15-18,20H2,1-3H3. The third kappa shape index (κ3) is 5.21. The number of methoxy groups -OCH3 is 2. The number of anilines is 1. The Morgan fingerprint density at radius 3 is 2.15 bits per heavy atom. The number of benzene rings is 3. The predicted octanol–water partition coefficient (Wildman–Crippen LogP) is 4.87. The van der Waals surface area contributed by atoms with Crippen LogP contribution in [0.3, 0.4) is 0 Å². The largest absolute Gasteiger partial charge is 0.493 e. The van der Waals surface area contributed by atoms with Gasteiger partial charge in [-0.25, -0.2) is 8.42 Å². The van der Waals surface area contributed by atoms with E-state index in [4.69, 9.17) is 9.47 Å². The van der Waals surface area contributed by atoms with Crippen molar-refractivity contribution in [3.8, 4) is 11.5 Å². The van der Waals surface area contributed by atoms with Crippen molar-refractivity contribution in [3.05, 3.63) is 83.9 Å². The number of rotatable bonds is 8. The highest BCUT2D eigenvalue weighted by Crippen LogP contribution is 2.36. The highest BCUT2D eigenvalue weighted by atomic mass is 32.2. The fraction of sp³-hybridized carbons (Fsp3) is 0.333. The summed E-state index contributed by atoms with van der Waals surface area (Å²) in [5, 5.41) is 0. The van der Waals surface area contributed by atoms with Crippen LogP contribution in [-0.4, -0.2) is 46.7 Å². The van der Waals surface area contributed by atoms with Crippen LogP contribution in [0.1, 0.15) is 24.0 Å². The van der Waals surface area contributed by atoms with Gasteiger partial charge >= 0.3 is 0 Å². The minimum atomic E-state index is -3.76. The number of hydrogen-bond acceptors (Lipinski definition) is 5. The van der Waals surface area contributed by atoms with Gasteiger partial charge < -0.3 is 9.47 Å². The molecule has 6 nitrogen and oxygen atoms in total. The lowest BCUT2D eigenvalue weighted by Gasteiger charge is -2.39. The van der Waals surface area contributed by atoms with E-state index in [9.17, 15) is 8.42 Å². The quantitative estimate of drug-likeness (QED) is 0.460. The third-order valence-electron chi connectivity index (χ3n) is 6.34. The van der Waals surface area contributed by atoms with E-state index in [0.717, 1.165) is 32.5 Å². The zero-order chi connectivity index (χ0) is 24.1. The molecule has 0 spiro atoms. The van der Waals surface area contributed by atoms with Gasteiger partial charge in [0.1, 0.15) is 0 Å². The molecular weight excluding hydrogens is 448 g/mol. The second-order valence-corrected chi connectivity index (χ2v) is 10.5. The molecule has 1 aliphatic heterocycles. The molecule has 0 aromatic heterocycles. The number of sulfonamides is 1. The Labute approximate surface area is 202 Å². The van der Waals surface area contributed by atoms with E-state index in [2.05, 4.69) is 36.1 Å². The second-order valence-electron chi connectivity index (χ2n) is 8.65. The number of ether oxygens (including phenoxy) is 2. The summed E-state index contributed by atoms with van der Waals surface area (Å²) in [6.07, 6.45) is 1.48. The molecule has 34 heavy (non-hydrogen) atoms. The van der Waals surface area contributed by atoms with E-state index in [1.807, 2.05) is 6.07 Å². The SMILES string of the molecule is COc1ccc(N(C2CCN(Cc3ccc(C)cc3)CC2)S(=O)(=O)c2ccccc2)cc1OC. The maximum atomic E-state index is 13.8. The Morgan fingerprint density at radius 1 is 0.882 bits per heavy atom. The van der Waals surface area contributed by atoms with Crippen LogP contribution in [0.2, 0.25) is 0 Å². The molecule has 1 saturated heterocycles. The van der Waals surface area contributed by atoms with Crippen molar-refractivity contribution in [2.75, 3.05) is 31.6 Å². The van der Waals surface area contributed by atoms with Crippen LogP contribution in [0, 0.1) is 6.92 Å². The van der Waals surface area contributed by atoms with E-state index in [1.165, 1.54) is 11.1 Å². The fourth-order valence-corrected chi connectivity index (χ4v) is 6.20. The molecule has 0 atom stereocenters. The molecule has 1 fully saturated rings. The van der Waals surface area contributed by atoms with Crippen molar-refractivity contribution in [2.45, 2.75) is 37.2 Å². The second kappa shape index (κ2) is 10.5. The molecule has 0 radical (unpaired) electrons. The first-order valence-electron chi connectivity index (χ1n) is 11.5. The summed E-state index contributed by atoms with van der Waals surface area (Å²) in [5.74, 6) is 1.07. The van der Waals surface area contributed by atoms with Gasteiger partial charge in [0.2, 0.25) is 0 Å². The molecule has 0 bridgehead atoms. The van der Waals surface area contributed by atoms with Gasteiger partial charge in [-0.3, -0.25) is 9.21 Å². The average Bonchev–Trinajstić information content (AvgIpc) is 2.87. The Hall–Kier alpha value is -3.03. The maximum absolute atomic E-state index is 13.8. The summed E-state index contributed by atoms with van der Waals surface area (Å²) < 4.78 is 40.1. The molecule has 0 unspecified atom stereocenters. The van der Waals surface area contributed by atoms with Gasteiger partial charge in [0, 0.05) is 31.7 Å². The molecule has 7 heteroatoms. The van der Waals surface area contributed by atoms with E-state index >= 15 is 0 Å². The molecular formula is C27H32N2O4S. The number of nitrogens with zero attached hydrogens (tertiary/aromatic N) is 2. The maximum Gasteiger partial charge on any atom is 0.264 e. The first kappa shape index (κ1) is 24.1. The minimum Gasteiger partial charge on any atom is -0.493 e. The predicted molar refractivity (Wildman–Crippen MR) is 135 cm³/mol. The fourth-order valence-electron chi connectivity index (χ4n) is 4.48. The Morgan fingerprint density at radius 2 is 1.53 bits per heavy atom. The van der Waals surface area contributed by atoms with Crippen LogP contribution in [-0.2, 0) is 16.6 Å². The number of likely N-dealkylation sites (tertiary alicyclic amines) is 1. The molecule has 0 amide bonds. The van der Waals surface area contributed by atoms with Crippen LogP contribution >= 0.6 is 0 Å². The van der Waals surface area contributed by atoms with Gasteiger partial charge in [-0.1, -0.05) is 48.0 Å². The summed E-state index contributed by atoms with van der Waals surface area (Å²) >= 11 is 0. The summed E-state index contributed by atoms with van der Waals surface area (Å²) in [7, 11) is -0.635.